The fourth-order valence-corrected chi connectivity index (χ4v) is 2.33. The zero-order chi connectivity index (χ0) is 14.6. The van der Waals surface area contributed by atoms with Gasteiger partial charge in [-0.15, -0.1) is 0 Å². The summed E-state index contributed by atoms with van der Waals surface area (Å²) in [5.74, 6) is -1.22. The number of halogens is 4. The smallest absolute Gasteiger partial charge is 0.419 e. The maximum atomic E-state index is 13.1. The van der Waals surface area contributed by atoms with Crippen molar-refractivity contribution in [2.24, 2.45) is 0 Å². The van der Waals surface area contributed by atoms with Crippen LogP contribution < -0.4 is 10.1 Å². The third-order valence-corrected chi connectivity index (χ3v) is 3.37. The van der Waals surface area contributed by atoms with E-state index in [1.807, 2.05) is 0 Å². The molecule has 1 aromatic carbocycles. The van der Waals surface area contributed by atoms with Crippen LogP contribution in [0.5, 0.6) is 5.75 Å². The maximum absolute atomic E-state index is 13.1. The third kappa shape index (κ3) is 4.10. The molecule has 1 atom stereocenters. The number of hydrogen-bond donors (Lipinski definition) is 1. The molecule has 0 saturated carbocycles. The minimum Gasteiger partial charge on any atom is -0.494 e. The summed E-state index contributed by atoms with van der Waals surface area (Å²) in [4.78, 5) is 0. The first-order chi connectivity index (χ1) is 9.47. The minimum atomic E-state index is -4.70. The zero-order valence-electron chi connectivity index (χ0n) is 11.0. The highest BCUT2D eigenvalue weighted by Crippen LogP contribution is 2.33. The van der Waals surface area contributed by atoms with Gasteiger partial charge in [-0.25, -0.2) is 4.39 Å². The van der Waals surface area contributed by atoms with Crippen LogP contribution in [0.4, 0.5) is 17.6 Å². The van der Waals surface area contributed by atoms with Crippen molar-refractivity contribution in [1.82, 2.24) is 5.32 Å². The summed E-state index contributed by atoms with van der Waals surface area (Å²) in [6.45, 7) is 1.36. The van der Waals surface area contributed by atoms with E-state index in [9.17, 15) is 17.6 Å². The van der Waals surface area contributed by atoms with Crippen molar-refractivity contribution in [3.8, 4) is 5.75 Å². The van der Waals surface area contributed by atoms with Crippen molar-refractivity contribution in [2.75, 3.05) is 13.2 Å². The van der Waals surface area contributed by atoms with Crippen molar-refractivity contribution in [2.45, 2.75) is 37.9 Å². The SMILES string of the molecule is Fc1ccc(OCCCC2CCCN2)cc1C(F)(F)F. The Labute approximate surface area is 115 Å². The van der Waals surface area contributed by atoms with E-state index in [1.54, 1.807) is 0 Å². The summed E-state index contributed by atoms with van der Waals surface area (Å²) in [6.07, 6.45) is -0.700. The molecule has 1 aliphatic heterocycles. The molecule has 0 spiro atoms. The first kappa shape index (κ1) is 15.1. The molecule has 0 radical (unpaired) electrons. The molecule has 20 heavy (non-hydrogen) atoms. The Balaban J connectivity index is 1.83. The molecule has 1 aliphatic rings. The Bertz CT molecular complexity index is 441. The average Bonchev–Trinajstić information content (AvgIpc) is 2.88. The van der Waals surface area contributed by atoms with Crippen LogP contribution in [-0.4, -0.2) is 19.2 Å². The van der Waals surface area contributed by atoms with Crippen LogP contribution in [0.1, 0.15) is 31.2 Å². The normalized spacial score (nSPS) is 19.3. The molecule has 2 nitrogen and oxygen atoms in total. The van der Waals surface area contributed by atoms with Gasteiger partial charge in [0.2, 0.25) is 0 Å². The third-order valence-electron chi connectivity index (χ3n) is 3.37. The molecule has 2 rings (SSSR count). The average molecular weight is 291 g/mol. The van der Waals surface area contributed by atoms with Crippen molar-refractivity contribution in [3.05, 3.63) is 29.6 Å². The Morgan fingerprint density at radius 3 is 2.75 bits per heavy atom. The minimum absolute atomic E-state index is 0.0538. The Hall–Kier alpha value is -1.30. The Morgan fingerprint density at radius 1 is 1.30 bits per heavy atom. The molecule has 0 amide bonds. The first-order valence-electron chi connectivity index (χ1n) is 6.70. The zero-order valence-corrected chi connectivity index (χ0v) is 11.0. The largest absolute Gasteiger partial charge is 0.494 e. The molecule has 1 saturated heterocycles. The summed E-state index contributed by atoms with van der Waals surface area (Å²) in [6, 6.07) is 3.20. The second kappa shape index (κ2) is 6.43. The molecule has 1 fully saturated rings. The fourth-order valence-electron chi connectivity index (χ4n) is 2.33. The molecule has 1 unspecified atom stereocenters. The van der Waals surface area contributed by atoms with Crippen LogP contribution in [0.15, 0.2) is 18.2 Å². The molecule has 6 heteroatoms. The Kier molecular flexibility index (Phi) is 4.86. The van der Waals surface area contributed by atoms with E-state index in [0.29, 0.717) is 18.7 Å². The van der Waals surface area contributed by atoms with Crippen molar-refractivity contribution < 1.29 is 22.3 Å². The number of alkyl halides is 3. The molecular weight excluding hydrogens is 274 g/mol. The van der Waals surface area contributed by atoms with Gasteiger partial charge in [0.15, 0.2) is 0 Å². The van der Waals surface area contributed by atoms with E-state index < -0.39 is 17.6 Å². The summed E-state index contributed by atoms with van der Waals surface area (Å²) >= 11 is 0. The lowest BCUT2D eigenvalue weighted by Gasteiger charge is -2.12. The monoisotopic (exact) mass is 291 g/mol. The molecule has 1 N–H and O–H groups in total. The fraction of sp³-hybridized carbons (Fsp3) is 0.571. The quantitative estimate of drug-likeness (QED) is 0.659. The van der Waals surface area contributed by atoms with Gasteiger partial charge in [0.1, 0.15) is 11.6 Å². The molecule has 112 valence electrons. The van der Waals surface area contributed by atoms with E-state index in [1.165, 1.54) is 12.5 Å². The molecule has 0 aromatic heterocycles. The Morgan fingerprint density at radius 2 is 2.10 bits per heavy atom. The lowest BCUT2D eigenvalue weighted by Crippen LogP contribution is -2.21. The van der Waals surface area contributed by atoms with E-state index in [4.69, 9.17) is 4.74 Å². The summed E-state index contributed by atoms with van der Waals surface area (Å²) in [5.41, 5.74) is -1.28. The standard InChI is InChI=1S/C14H17F4NO/c15-13-6-5-11(9-12(13)14(16,17)18)20-8-2-4-10-3-1-7-19-10/h5-6,9-10,19H,1-4,7-8H2. The molecule has 0 aliphatic carbocycles. The van der Waals surface area contributed by atoms with Gasteiger partial charge in [0.25, 0.3) is 0 Å². The van der Waals surface area contributed by atoms with Crippen LogP contribution in [-0.2, 0) is 6.18 Å². The van der Waals surface area contributed by atoms with Gasteiger partial charge >= 0.3 is 6.18 Å². The van der Waals surface area contributed by atoms with Crippen LogP contribution >= 0.6 is 0 Å². The van der Waals surface area contributed by atoms with E-state index in [-0.39, 0.29) is 5.75 Å². The van der Waals surface area contributed by atoms with E-state index in [0.717, 1.165) is 31.9 Å². The molecule has 1 heterocycles. The molecule has 1 aromatic rings. The topological polar surface area (TPSA) is 21.3 Å². The lowest BCUT2D eigenvalue weighted by atomic mass is 10.1. The number of ether oxygens (including phenoxy) is 1. The van der Waals surface area contributed by atoms with Crippen LogP contribution in [0.2, 0.25) is 0 Å². The highest BCUT2D eigenvalue weighted by Gasteiger charge is 2.34. The van der Waals surface area contributed by atoms with Crippen LogP contribution in [0, 0.1) is 5.82 Å². The molecule has 0 bridgehead atoms. The maximum Gasteiger partial charge on any atom is 0.419 e. The molecular formula is C14H17F4NO. The first-order valence-corrected chi connectivity index (χ1v) is 6.70. The highest BCUT2D eigenvalue weighted by molar-refractivity contribution is 5.31. The van der Waals surface area contributed by atoms with Gasteiger partial charge in [-0.1, -0.05) is 0 Å². The van der Waals surface area contributed by atoms with Crippen molar-refractivity contribution >= 4 is 0 Å². The van der Waals surface area contributed by atoms with Crippen LogP contribution in [0.25, 0.3) is 0 Å². The second-order valence-corrected chi connectivity index (χ2v) is 4.92. The number of rotatable bonds is 5. The van der Waals surface area contributed by atoms with Gasteiger partial charge < -0.3 is 10.1 Å². The lowest BCUT2D eigenvalue weighted by molar-refractivity contribution is -0.140. The summed E-state index contributed by atoms with van der Waals surface area (Å²) in [7, 11) is 0. The van der Waals surface area contributed by atoms with Gasteiger partial charge in [0, 0.05) is 6.04 Å². The van der Waals surface area contributed by atoms with E-state index in [2.05, 4.69) is 5.32 Å². The number of hydrogen-bond acceptors (Lipinski definition) is 2. The van der Waals surface area contributed by atoms with Crippen molar-refractivity contribution in [3.63, 3.8) is 0 Å². The van der Waals surface area contributed by atoms with Gasteiger partial charge in [-0.2, -0.15) is 13.2 Å². The van der Waals surface area contributed by atoms with E-state index >= 15 is 0 Å². The summed E-state index contributed by atoms with van der Waals surface area (Å²) in [5, 5.41) is 3.34. The second-order valence-electron chi connectivity index (χ2n) is 4.92. The predicted molar refractivity (Wildman–Crippen MR) is 67.2 cm³/mol. The van der Waals surface area contributed by atoms with Gasteiger partial charge in [0.05, 0.1) is 12.2 Å². The number of nitrogens with one attached hydrogen (secondary N) is 1. The predicted octanol–water partition coefficient (Wildman–Crippen LogP) is 3.76. The highest BCUT2D eigenvalue weighted by atomic mass is 19.4. The summed E-state index contributed by atoms with van der Waals surface area (Å²) < 4.78 is 55.9. The van der Waals surface area contributed by atoms with Crippen LogP contribution in [0.3, 0.4) is 0 Å². The van der Waals surface area contributed by atoms with Crippen molar-refractivity contribution in [1.29, 1.82) is 0 Å². The van der Waals surface area contributed by atoms with Gasteiger partial charge in [-0.3, -0.25) is 0 Å². The van der Waals surface area contributed by atoms with Gasteiger partial charge in [-0.05, 0) is 50.4 Å². The number of benzene rings is 1.